The van der Waals surface area contributed by atoms with E-state index in [4.69, 9.17) is 16.3 Å². The van der Waals surface area contributed by atoms with Crippen LogP contribution in [0, 0.1) is 0 Å². The molecule has 150 valence electrons. The second-order valence-corrected chi connectivity index (χ2v) is 7.89. The number of aromatic nitrogens is 1. The van der Waals surface area contributed by atoms with Crippen molar-refractivity contribution in [1.82, 2.24) is 9.88 Å². The highest BCUT2D eigenvalue weighted by atomic mass is 35.5. The van der Waals surface area contributed by atoms with Gasteiger partial charge in [-0.1, -0.05) is 60.1 Å². The minimum absolute atomic E-state index is 0.00364. The Hall–Kier alpha value is -3.24. The normalized spacial score (nSPS) is 15.8. The van der Waals surface area contributed by atoms with Crippen LogP contribution in [0.5, 0.6) is 5.75 Å². The van der Waals surface area contributed by atoms with E-state index in [1.165, 1.54) is 10.9 Å². The number of amides is 1. The molecule has 1 atom stereocenters. The Labute approximate surface area is 180 Å². The van der Waals surface area contributed by atoms with Gasteiger partial charge in [-0.2, -0.15) is 0 Å². The van der Waals surface area contributed by atoms with E-state index in [1.54, 1.807) is 0 Å². The fraction of sp³-hybridized carbons (Fsp3) is 0.160. The molecule has 0 saturated heterocycles. The molecule has 0 fully saturated rings. The molecule has 0 saturated carbocycles. The molecule has 4 aromatic rings. The fourth-order valence-corrected chi connectivity index (χ4v) is 4.37. The Balaban J connectivity index is 1.51. The van der Waals surface area contributed by atoms with Crippen molar-refractivity contribution in [3.8, 4) is 5.75 Å². The lowest BCUT2D eigenvalue weighted by Gasteiger charge is -2.36. The molecule has 0 aliphatic carbocycles. The smallest absolute Gasteiger partial charge is 0.261 e. The molecule has 5 rings (SSSR count). The van der Waals surface area contributed by atoms with E-state index in [-0.39, 0.29) is 18.6 Å². The minimum atomic E-state index is -0.203. The number of rotatable bonds is 4. The van der Waals surface area contributed by atoms with Gasteiger partial charge in [-0.15, -0.1) is 0 Å². The lowest BCUT2D eigenvalue weighted by molar-refractivity contribution is -0.135. The molecule has 1 aromatic heterocycles. The van der Waals surface area contributed by atoms with E-state index >= 15 is 0 Å². The molecule has 3 aromatic carbocycles. The van der Waals surface area contributed by atoms with Gasteiger partial charge in [0.05, 0.1) is 6.04 Å². The molecule has 4 nitrogen and oxygen atoms in total. The Kier molecular flexibility index (Phi) is 4.93. The number of halogens is 1. The van der Waals surface area contributed by atoms with Crippen LogP contribution in [0.25, 0.3) is 10.9 Å². The molecule has 0 bridgehead atoms. The monoisotopic (exact) mass is 416 g/mol. The zero-order valence-corrected chi connectivity index (χ0v) is 17.1. The number of benzene rings is 3. The number of hydrogen-bond acceptors (Lipinski definition) is 2. The molecule has 1 aliphatic heterocycles. The Bertz CT molecular complexity index is 1180. The lowest BCUT2D eigenvalue weighted by Crippen LogP contribution is -2.42. The summed E-state index contributed by atoms with van der Waals surface area (Å²) >= 11 is 6.12. The van der Waals surface area contributed by atoms with E-state index in [1.807, 2.05) is 65.6 Å². The zero-order chi connectivity index (χ0) is 20.5. The van der Waals surface area contributed by atoms with E-state index in [0.717, 1.165) is 23.2 Å². The van der Waals surface area contributed by atoms with Crippen LogP contribution in [0.2, 0.25) is 5.02 Å². The number of carbonyl (C=O) groups excluding carboxylic acids is 1. The van der Waals surface area contributed by atoms with Gasteiger partial charge in [-0.3, -0.25) is 4.79 Å². The van der Waals surface area contributed by atoms with E-state index in [9.17, 15) is 4.79 Å². The largest absolute Gasteiger partial charge is 0.484 e. The second kappa shape index (κ2) is 7.88. The van der Waals surface area contributed by atoms with Gasteiger partial charge in [0.1, 0.15) is 5.75 Å². The lowest BCUT2D eigenvalue weighted by atomic mass is 9.92. The predicted molar refractivity (Wildman–Crippen MR) is 119 cm³/mol. The summed E-state index contributed by atoms with van der Waals surface area (Å²) in [6.07, 6.45) is 0.806. The van der Waals surface area contributed by atoms with Gasteiger partial charge in [0, 0.05) is 28.2 Å². The van der Waals surface area contributed by atoms with Crippen LogP contribution < -0.4 is 4.74 Å². The Morgan fingerprint density at radius 3 is 2.53 bits per heavy atom. The van der Waals surface area contributed by atoms with E-state index in [0.29, 0.717) is 17.3 Å². The zero-order valence-electron chi connectivity index (χ0n) is 16.3. The van der Waals surface area contributed by atoms with Crippen LogP contribution in [0.4, 0.5) is 0 Å². The maximum atomic E-state index is 13.2. The number of fused-ring (bicyclic) bond motifs is 3. The minimum Gasteiger partial charge on any atom is -0.484 e. The van der Waals surface area contributed by atoms with E-state index in [2.05, 4.69) is 23.2 Å². The van der Waals surface area contributed by atoms with Crippen LogP contribution in [0.1, 0.15) is 22.9 Å². The number of ether oxygens (including phenoxy) is 1. The first-order valence-corrected chi connectivity index (χ1v) is 10.4. The van der Waals surface area contributed by atoms with Gasteiger partial charge >= 0.3 is 0 Å². The average Bonchev–Trinajstić information content (AvgIpc) is 3.17. The highest BCUT2D eigenvalue weighted by Gasteiger charge is 2.34. The quantitative estimate of drug-likeness (QED) is 0.485. The average molecular weight is 417 g/mol. The van der Waals surface area contributed by atoms with Gasteiger partial charge in [-0.25, -0.2) is 0 Å². The molecule has 2 heterocycles. The first-order valence-electron chi connectivity index (χ1n) is 10.0. The molecule has 5 heteroatoms. The maximum Gasteiger partial charge on any atom is 0.261 e. The van der Waals surface area contributed by atoms with Crippen molar-refractivity contribution >= 4 is 28.4 Å². The van der Waals surface area contributed by atoms with Crippen LogP contribution >= 0.6 is 11.6 Å². The van der Waals surface area contributed by atoms with Crippen molar-refractivity contribution in [3.63, 3.8) is 0 Å². The molecule has 0 radical (unpaired) electrons. The molecule has 0 spiro atoms. The highest BCUT2D eigenvalue weighted by molar-refractivity contribution is 6.30. The summed E-state index contributed by atoms with van der Waals surface area (Å²) in [4.78, 5) is 18.7. The van der Waals surface area contributed by atoms with E-state index < -0.39 is 0 Å². The van der Waals surface area contributed by atoms with Crippen molar-refractivity contribution in [2.24, 2.45) is 0 Å². The standard InChI is InChI=1S/C25H21ClN2O2/c26-18-12-10-17(11-13-18)25-24-21(20-8-4-5-9-22(20)27-24)14-15-28(25)23(29)16-30-19-6-2-1-3-7-19/h1-13,25,27H,14-16H2/t25-/m0/s1. The first-order chi connectivity index (χ1) is 14.7. The molecule has 1 aliphatic rings. The number of nitrogens with one attached hydrogen (secondary N) is 1. The Morgan fingerprint density at radius 2 is 1.73 bits per heavy atom. The number of aromatic amines is 1. The predicted octanol–water partition coefficient (Wildman–Crippen LogP) is 5.37. The van der Waals surface area contributed by atoms with Crippen LogP contribution in [0.3, 0.4) is 0 Å². The van der Waals surface area contributed by atoms with Crippen molar-refractivity contribution in [2.75, 3.05) is 13.2 Å². The van der Waals surface area contributed by atoms with Gasteiger partial charge in [0.25, 0.3) is 5.91 Å². The summed E-state index contributed by atoms with van der Waals surface area (Å²) in [6.45, 7) is 0.642. The summed E-state index contributed by atoms with van der Waals surface area (Å²) < 4.78 is 5.75. The number of nitrogens with zero attached hydrogens (tertiary/aromatic N) is 1. The van der Waals surface area contributed by atoms with Crippen LogP contribution in [-0.2, 0) is 11.2 Å². The maximum absolute atomic E-state index is 13.2. The van der Waals surface area contributed by atoms with Gasteiger partial charge < -0.3 is 14.6 Å². The number of H-pyrrole nitrogens is 1. The van der Waals surface area contributed by atoms with Crippen molar-refractivity contribution in [1.29, 1.82) is 0 Å². The number of para-hydroxylation sites is 2. The van der Waals surface area contributed by atoms with Gasteiger partial charge in [-0.05, 0) is 47.9 Å². The number of carbonyl (C=O) groups is 1. The Morgan fingerprint density at radius 1 is 1.00 bits per heavy atom. The number of hydrogen-bond donors (Lipinski definition) is 1. The summed E-state index contributed by atoms with van der Waals surface area (Å²) in [5, 5.41) is 1.90. The molecule has 0 unspecified atom stereocenters. The summed E-state index contributed by atoms with van der Waals surface area (Å²) in [7, 11) is 0. The third kappa shape index (κ3) is 3.44. The topological polar surface area (TPSA) is 45.3 Å². The summed E-state index contributed by atoms with van der Waals surface area (Å²) in [6, 6.07) is 25.3. The fourth-order valence-electron chi connectivity index (χ4n) is 4.25. The summed E-state index contributed by atoms with van der Waals surface area (Å²) in [5.41, 5.74) is 4.47. The summed E-state index contributed by atoms with van der Waals surface area (Å²) in [5.74, 6) is 0.653. The SMILES string of the molecule is O=C(COc1ccccc1)N1CCc2c([nH]c3ccccc23)[C@@H]1c1ccc(Cl)cc1. The van der Waals surface area contributed by atoms with Gasteiger partial charge in [0.15, 0.2) is 6.61 Å². The van der Waals surface area contributed by atoms with Crippen molar-refractivity contribution in [3.05, 3.63) is 101 Å². The molecule has 1 amide bonds. The third-order valence-electron chi connectivity index (χ3n) is 5.65. The molecule has 1 N–H and O–H groups in total. The van der Waals surface area contributed by atoms with Crippen LogP contribution in [0.15, 0.2) is 78.9 Å². The molecular weight excluding hydrogens is 396 g/mol. The first kappa shape index (κ1) is 18.8. The van der Waals surface area contributed by atoms with Crippen molar-refractivity contribution in [2.45, 2.75) is 12.5 Å². The van der Waals surface area contributed by atoms with Crippen molar-refractivity contribution < 1.29 is 9.53 Å². The van der Waals surface area contributed by atoms with Gasteiger partial charge in [0.2, 0.25) is 0 Å². The molecule has 30 heavy (non-hydrogen) atoms. The second-order valence-electron chi connectivity index (χ2n) is 7.46. The third-order valence-corrected chi connectivity index (χ3v) is 5.90. The highest BCUT2D eigenvalue weighted by Crippen LogP contribution is 2.38. The molecular formula is C25H21ClN2O2. The van der Waals surface area contributed by atoms with Crippen LogP contribution in [-0.4, -0.2) is 28.9 Å².